The number of hydrogen-bond acceptors (Lipinski definition) is 3. The van der Waals surface area contributed by atoms with Gasteiger partial charge in [-0.3, -0.25) is 4.90 Å². The van der Waals surface area contributed by atoms with Crippen LogP contribution in [0.25, 0.3) is 0 Å². The van der Waals surface area contributed by atoms with E-state index in [1.807, 2.05) is 12.1 Å². The summed E-state index contributed by atoms with van der Waals surface area (Å²) in [6.07, 6.45) is 2.62. The molecule has 0 N–H and O–H groups in total. The van der Waals surface area contributed by atoms with Crippen LogP contribution in [0.1, 0.15) is 18.4 Å². The van der Waals surface area contributed by atoms with E-state index in [1.54, 1.807) is 7.11 Å². The van der Waals surface area contributed by atoms with Crippen LogP contribution in [0.2, 0.25) is 0 Å². The Morgan fingerprint density at radius 1 is 1.37 bits per heavy atom. The molecule has 2 aliphatic heterocycles. The Labute approximate surface area is 113 Å². The van der Waals surface area contributed by atoms with Crippen LogP contribution in [-0.4, -0.2) is 43.4 Å². The van der Waals surface area contributed by atoms with Crippen molar-refractivity contribution in [2.75, 3.05) is 20.3 Å². The Morgan fingerprint density at radius 2 is 2.16 bits per heavy atom. The van der Waals surface area contributed by atoms with Crippen molar-refractivity contribution in [1.29, 1.82) is 0 Å². The van der Waals surface area contributed by atoms with Crippen molar-refractivity contribution in [2.45, 2.75) is 37.6 Å². The number of hydrogen-bond donors (Lipinski definition) is 0. The first-order valence-electron chi connectivity index (χ1n) is 6.91. The van der Waals surface area contributed by atoms with Crippen LogP contribution in [0.15, 0.2) is 24.3 Å². The molecule has 3 atom stereocenters. The molecule has 104 valence electrons. The predicted molar refractivity (Wildman–Crippen MR) is 70.4 cm³/mol. The van der Waals surface area contributed by atoms with E-state index in [0.29, 0.717) is 6.04 Å². The minimum absolute atomic E-state index is 0.158. The lowest BCUT2D eigenvalue weighted by atomic mass is 10.0. The summed E-state index contributed by atoms with van der Waals surface area (Å²) in [6, 6.07) is 7.19. The monoisotopic (exact) mass is 265 g/mol. The first-order chi connectivity index (χ1) is 9.28. The van der Waals surface area contributed by atoms with E-state index in [-0.39, 0.29) is 18.0 Å². The maximum absolute atomic E-state index is 12.9. The van der Waals surface area contributed by atoms with Crippen molar-refractivity contribution in [3.05, 3.63) is 35.6 Å². The van der Waals surface area contributed by atoms with Crippen LogP contribution < -0.4 is 0 Å². The Kier molecular flexibility index (Phi) is 3.82. The fraction of sp³-hybridized carbons (Fsp3) is 0.600. The molecule has 0 aliphatic carbocycles. The Morgan fingerprint density at radius 3 is 2.89 bits per heavy atom. The van der Waals surface area contributed by atoms with Crippen molar-refractivity contribution in [3.63, 3.8) is 0 Å². The SMILES string of the molecule is CO[C@H]1CN(Cc2ccc(F)cc2)[C@@H]2CCCO[C@H]12. The molecule has 2 saturated heterocycles. The lowest BCUT2D eigenvalue weighted by molar-refractivity contribution is -0.0655. The summed E-state index contributed by atoms with van der Waals surface area (Å²) in [5, 5.41) is 0. The molecule has 2 heterocycles. The highest BCUT2D eigenvalue weighted by atomic mass is 19.1. The number of likely N-dealkylation sites (tertiary alicyclic amines) is 1. The summed E-state index contributed by atoms with van der Waals surface area (Å²) in [7, 11) is 1.75. The molecule has 0 saturated carbocycles. The molecule has 0 bridgehead atoms. The van der Waals surface area contributed by atoms with Gasteiger partial charge >= 0.3 is 0 Å². The molecule has 3 nitrogen and oxygen atoms in total. The Bertz CT molecular complexity index is 423. The van der Waals surface area contributed by atoms with Gasteiger partial charge < -0.3 is 9.47 Å². The van der Waals surface area contributed by atoms with Crippen molar-refractivity contribution in [3.8, 4) is 0 Å². The number of nitrogens with zero attached hydrogens (tertiary/aromatic N) is 1. The second kappa shape index (κ2) is 5.57. The van der Waals surface area contributed by atoms with Gasteiger partial charge in [-0.25, -0.2) is 4.39 Å². The van der Waals surface area contributed by atoms with Crippen LogP contribution in [0.5, 0.6) is 0 Å². The summed E-state index contributed by atoms with van der Waals surface area (Å²) >= 11 is 0. The summed E-state index contributed by atoms with van der Waals surface area (Å²) in [5.41, 5.74) is 1.14. The van der Waals surface area contributed by atoms with Crippen LogP contribution in [-0.2, 0) is 16.0 Å². The normalized spacial score (nSPS) is 31.4. The molecule has 3 rings (SSSR count). The van der Waals surface area contributed by atoms with E-state index >= 15 is 0 Å². The summed E-state index contributed by atoms with van der Waals surface area (Å²) in [4.78, 5) is 2.41. The average molecular weight is 265 g/mol. The van der Waals surface area contributed by atoms with E-state index in [0.717, 1.165) is 38.1 Å². The number of ether oxygens (including phenoxy) is 2. The molecule has 2 aliphatic rings. The maximum atomic E-state index is 12.9. The minimum atomic E-state index is -0.182. The van der Waals surface area contributed by atoms with Crippen molar-refractivity contribution in [1.82, 2.24) is 4.90 Å². The molecule has 1 aromatic carbocycles. The summed E-state index contributed by atoms with van der Waals surface area (Å²) in [5.74, 6) is -0.182. The average Bonchev–Trinajstić information content (AvgIpc) is 2.80. The first kappa shape index (κ1) is 13.0. The van der Waals surface area contributed by atoms with Gasteiger partial charge in [-0.15, -0.1) is 0 Å². The second-order valence-electron chi connectivity index (χ2n) is 5.38. The van der Waals surface area contributed by atoms with Gasteiger partial charge in [0.15, 0.2) is 0 Å². The molecular weight excluding hydrogens is 245 g/mol. The van der Waals surface area contributed by atoms with E-state index < -0.39 is 0 Å². The van der Waals surface area contributed by atoms with E-state index in [2.05, 4.69) is 4.90 Å². The molecule has 0 spiro atoms. The van der Waals surface area contributed by atoms with Gasteiger partial charge in [0.2, 0.25) is 0 Å². The van der Waals surface area contributed by atoms with Gasteiger partial charge in [0.1, 0.15) is 11.9 Å². The van der Waals surface area contributed by atoms with Crippen LogP contribution in [0.4, 0.5) is 4.39 Å². The third kappa shape index (κ3) is 2.66. The fourth-order valence-corrected chi connectivity index (χ4v) is 3.22. The zero-order valence-electron chi connectivity index (χ0n) is 11.2. The zero-order chi connectivity index (χ0) is 13.2. The van der Waals surface area contributed by atoms with Gasteiger partial charge in [0.25, 0.3) is 0 Å². The molecular formula is C15H20FNO2. The fourth-order valence-electron chi connectivity index (χ4n) is 3.22. The van der Waals surface area contributed by atoms with E-state index in [4.69, 9.17) is 9.47 Å². The molecule has 19 heavy (non-hydrogen) atoms. The number of fused-ring (bicyclic) bond motifs is 1. The number of methoxy groups -OCH3 is 1. The highest BCUT2D eigenvalue weighted by molar-refractivity contribution is 5.16. The Hall–Kier alpha value is -0.970. The molecule has 0 unspecified atom stereocenters. The molecule has 4 heteroatoms. The first-order valence-corrected chi connectivity index (χ1v) is 6.91. The molecule has 0 aromatic heterocycles. The van der Waals surface area contributed by atoms with Crippen molar-refractivity contribution in [2.24, 2.45) is 0 Å². The van der Waals surface area contributed by atoms with Crippen LogP contribution in [0, 0.1) is 5.82 Å². The molecule has 0 amide bonds. The molecule has 1 aromatic rings. The van der Waals surface area contributed by atoms with Crippen molar-refractivity contribution >= 4 is 0 Å². The van der Waals surface area contributed by atoms with E-state index in [1.165, 1.54) is 12.1 Å². The minimum Gasteiger partial charge on any atom is -0.377 e. The number of benzene rings is 1. The second-order valence-corrected chi connectivity index (χ2v) is 5.38. The largest absolute Gasteiger partial charge is 0.377 e. The van der Waals surface area contributed by atoms with Gasteiger partial charge in [-0.2, -0.15) is 0 Å². The topological polar surface area (TPSA) is 21.7 Å². The molecule has 2 fully saturated rings. The van der Waals surface area contributed by atoms with Gasteiger partial charge in [0, 0.05) is 32.8 Å². The summed E-state index contributed by atoms with van der Waals surface area (Å²) < 4.78 is 24.3. The summed E-state index contributed by atoms with van der Waals surface area (Å²) in [6.45, 7) is 2.57. The Balaban J connectivity index is 1.71. The number of halogens is 1. The lowest BCUT2D eigenvalue weighted by Gasteiger charge is -2.32. The maximum Gasteiger partial charge on any atom is 0.123 e. The zero-order valence-corrected chi connectivity index (χ0v) is 11.2. The number of rotatable bonds is 3. The third-order valence-corrected chi connectivity index (χ3v) is 4.19. The van der Waals surface area contributed by atoms with Gasteiger partial charge in [0.05, 0.1) is 6.10 Å². The van der Waals surface area contributed by atoms with Crippen LogP contribution >= 0.6 is 0 Å². The predicted octanol–water partition coefficient (Wildman–Crippen LogP) is 2.20. The third-order valence-electron chi connectivity index (χ3n) is 4.19. The lowest BCUT2D eigenvalue weighted by Crippen LogP contribution is -2.41. The van der Waals surface area contributed by atoms with Crippen LogP contribution in [0.3, 0.4) is 0 Å². The van der Waals surface area contributed by atoms with E-state index in [9.17, 15) is 4.39 Å². The highest BCUT2D eigenvalue weighted by Gasteiger charge is 2.43. The smallest absolute Gasteiger partial charge is 0.123 e. The quantitative estimate of drug-likeness (QED) is 0.836. The van der Waals surface area contributed by atoms with Crippen molar-refractivity contribution < 1.29 is 13.9 Å². The highest BCUT2D eigenvalue weighted by Crippen LogP contribution is 2.31. The molecule has 0 radical (unpaired) electrons. The van der Waals surface area contributed by atoms with Gasteiger partial charge in [-0.05, 0) is 30.5 Å². The van der Waals surface area contributed by atoms with Gasteiger partial charge in [-0.1, -0.05) is 12.1 Å². The standard InChI is InChI=1S/C15H20FNO2/c1-18-14-10-17(13-3-2-8-19-15(13)14)9-11-4-6-12(16)7-5-11/h4-7,13-15H,2-3,8-10H2,1H3/t13-,14+,15+/m1/s1.